The van der Waals surface area contributed by atoms with Crippen molar-refractivity contribution in [2.75, 3.05) is 18.0 Å². The van der Waals surface area contributed by atoms with Crippen molar-refractivity contribution in [3.63, 3.8) is 0 Å². The molecule has 1 saturated heterocycles. The van der Waals surface area contributed by atoms with E-state index in [4.69, 9.17) is 11.6 Å². The third-order valence-corrected chi connectivity index (χ3v) is 3.84. The number of halogens is 1. The van der Waals surface area contributed by atoms with Gasteiger partial charge in [-0.25, -0.2) is 9.97 Å². The normalized spacial score (nSPS) is 14.1. The number of benzene rings is 1. The third kappa shape index (κ3) is 3.54. The van der Waals surface area contributed by atoms with Crippen LogP contribution in [0.3, 0.4) is 0 Å². The number of carbonyl (C=O) groups is 1. The van der Waals surface area contributed by atoms with Gasteiger partial charge in [-0.2, -0.15) is 0 Å². The minimum atomic E-state index is -0.163. The van der Waals surface area contributed by atoms with E-state index in [0.717, 1.165) is 24.7 Å². The predicted molar refractivity (Wildman–Crippen MR) is 86.1 cm³/mol. The molecule has 1 aliphatic heterocycles. The highest BCUT2D eigenvalue weighted by Gasteiger charge is 2.15. The molecule has 0 radical (unpaired) electrons. The average molecular weight is 317 g/mol. The first-order valence-electron chi connectivity index (χ1n) is 7.33. The minimum absolute atomic E-state index is 0.163. The number of nitrogens with one attached hydrogen (secondary N) is 1. The fourth-order valence-corrected chi connectivity index (χ4v) is 2.65. The zero-order valence-corrected chi connectivity index (χ0v) is 12.9. The Morgan fingerprint density at radius 1 is 1.27 bits per heavy atom. The molecule has 6 heteroatoms. The maximum Gasteiger partial charge on any atom is 0.251 e. The molecule has 1 N–H and O–H groups in total. The van der Waals surface area contributed by atoms with Crippen molar-refractivity contribution in [2.45, 2.75) is 19.4 Å². The average Bonchev–Trinajstić information content (AvgIpc) is 3.07. The molecule has 1 fully saturated rings. The molecule has 2 aromatic rings. The van der Waals surface area contributed by atoms with Crippen LogP contribution in [0, 0.1) is 0 Å². The molecule has 1 aromatic carbocycles. The molecular formula is C16H17ClN4O. The van der Waals surface area contributed by atoms with E-state index in [-0.39, 0.29) is 5.91 Å². The molecule has 0 spiro atoms. The van der Waals surface area contributed by atoms with Gasteiger partial charge in [-0.15, -0.1) is 0 Å². The monoisotopic (exact) mass is 316 g/mol. The zero-order valence-electron chi connectivity index (χ0n) is 12.1. The van der Waals surface area contributed by atoms with Crippen LogP contribution < -0.4 is 10.2 Å². The molecule has 0 unspecified atom stereocenters. The molecule has 22 heavy (non-hydrogen) atoms. The lowest BCUT2D eigenvalue weighted by Gasteiger charge is -2.15. The van der Waals surface area contributed by atoms with Gasteiger partial charge < -0.3 is 10.2 Å². The Morgan fingerprint density at radius 2 is 2.09 bits per heavy atom. The number of aromatic nitrogens is 2. The number of anilines is 1. The molecule has 3 rings (SSSR count). The van der Waals surface area contributed by atoms with Crippen molar-refractivity contribution < 1.29 is 4.79 Å². The molecule has 2 heterocycles. The summed E-state index contributed by atoms with van der Waals surface area (Å²) in [4.78, 5) is 23.1. The lowest BCUT2D eigenvalue weighted by Crippen LogP contribution is -2.25. The van der Waals surface area contributed by atoms with E-state index in [1.54, 1.807) is 30.5 Å². The number of hydrogen-bond donors (Lipinski definition) is 1. The van der Waals surface area contributed by atoms with Crippen LogP contribution in [-0.2, 0) is 6.54 Å². The molecule has 0 aliphatic carbocycles. The molecule has 1 aliphatic rings. The Morgan fingerprint density at radius 3 is 2.86 bits per heavy atom. The van der Waals surface area contributed by atoms with Crippen molar-refractivity contribution in [1.82, 2.24) is 15.3 Å². The molecule has 5 nitrogen and oxygen atoms in total. The van der Waals surface area contributed by atoms with Crippen LogP contribution >= 0.6 is 11.6 Å². The van der Waals surface area contributed by atoms with E-state index in [9.17, 15) is 4.79 Å². The van der Waals surface area contributed by atoms with E-state index in [2.05, 4.69) is 20.2 Å². The van der Waals surface area contributed by atoms with Crippen LogP contribution in [0.1, 0.15) is 28.9 Å². The minimum Gasteiger partial charge on any atom is -0.346 e. The highest BCUT2D eigenvalue weighted by Crippen LogP contribution is 2.15. The van der Waals surface area contributed by atoms with Gasteiger partial charge in [0.1, 0.15) is 0 Å². The van der Waals surface area contributed by atoms with Crippen molar-refractivity contribution >= 4 is 23.5 Å². The predicted octanol–water partition coefficient (Wildman–Crippen LogP) is 2.66. The summed E-state index contributed by atoms with van der Waals surface area (Å²) in [5, 5.41) is 3.40. The van der Waals surface area contributed by atoms with Crippen LogP contribution in [-0.4, -0.2) is 29.0 Å². The Balaban J connectivity index is 1.63. The van der Waals surface area contributed by atoms with Gasteiger partial charge in [0.05, 0.1) is 12.2 Å². The maximum absolute atomic E-state index is 12.1. The Bertz CT molecular complexity index is 671. The lowest BCUT2D eigenvalue weighted by molar-refractivity contribution is 0.0950. The summed E-state index contributed by atoms with van der Waals surface area (Å²) in [5.41, 5.74) is 1.34. The summed E-state index contributed by atoms with van der Waals surface area (Å²) in [6.45, 7) is 2.37. The lowest BCUT2D eigenvalue weighted by atomic mass is 10.2. The maximum atomic E-state index is 12.1. The van der Waals surface area contributed by atoms with Crippen LogP contribution in [0.2, 0.25) is 5.02 Å². The number of hydrogen-bond acceptors (Lipinski definition) is 4. The Kier molecular flexibility index (Phi) is 4.53. The van der Waals surface area contributed by atoms with Crippen molar-refractivity contribution in [2.24, 2.45) is 0 Å². The second kappa shape index (κ2) is 6.75. The molecular weight excluding hydrogens is 300 g/mol. The fourth-order valence-electron chi connectivity index (χ4n) is 2.46. The van der Waals surface area contributed by atoms with Crippen LogP contribution in [0.15, 0.2) is 36.5 Å². The van der Waals surface area contributed by atoms with Crippen molar-refractivity contribution in [3.8, 4) is 0 Å². The van der Waals surface area contributed by atoms with E-state index < -0.39 is 0 Å². The SMILES string of the molecule is O=C(NCc1ccnc(N2CCCC2)n1)c1cccc(Cl)c1. The van der Waals surface area contributed by atoms with E-state index in [0.29, 0.717) is 17.1 Å². The summed E-state index contributed by atoms with van der Waals surface area (Å²) in [5.74, 6) is 0.579. The van der Waals surface area contributed by atoms with E-state index in [1.807, 2.05) is 6.07 Å². The van der Waals surface area contributed by atoms with Gasteiger partial charge in [0.15, 0.2) is 0 Å². The molecule has 114 valence electrons. The summed E-state index contributed by atoms with van der Waals surface area (Å²) in [7, 11) is 0. The fraction of sp³-hybridized carbons (Fsp3) is 0.312. The van der Waals surface area contributed by atoms with Crippen LogP contribution in [0.5, 0.6) is 0 Å². The summed E-state index contributed by atoms with van der Waals surface area (Å²) >= 11 is 5.89. The van der Waals surface area contributed by atoms with Crippen LogP contribution in [0.4, 0.5) is 5.95 Å². The zero-order chi connectivity index (χ0) is 15.4. The molecule has 1 aromatic heterocycles. The number of rotatable bonds is 4. The second-order valence-electron chi connectivity index (χ2n) is 5.24. The summed E-state index contributed by atoms with van der Waals surface area (Å²) in [6.07, 6.45) is 4.10. The molecule has 0 bridgehead atoms. The van der Waals surface area contributed by atoms with Gasteiger partial charge in [-0.3, -0.25) is 4.79 Å². The number of nitrogens with zero attached hydrogens (tertiary/aromatic N) is 3. The van der Waals surface area contributed by atoms with E-state index >= 15 is 0 Å². The summed E-state index contributed by atoms with van der Waals surface area (Å²) < 4.78 is 0. The smallest absolute Gasteiger partial charge is 0.251 e. The standard InChI is InChI=1S/C16H17ClN4O/c17-13-5-3-4-12(10-13)15(22)19-11-14-6-7-18-16(20-14)21-8-1-2-9-21/h3-7,10H,1-2,8-9,11H2,(H,19,22). The van der Waals surface area contributed by atoms with Gasteiger partial charge in [-0.05, 0) is 37.1 Å². The van der Waals surface area contributed by atoms with Gasteiger partial charge in [0.25, 0.3) is 5.91 Å². The highest BCUT2D eigenvalue weighted by atomic mass is 35.5. The van der Waals surface area contributed by atoms with Gasteiger partial charge in [0, 0.05) is 29.9 Å². The first kappa shape index (κ1) is 14.8. The first-order valence-corrected chi connectivity index (χ1v) is 7.71. The molecule has 0 atom stereocenters. The highest BCUT2D eigenvalue weighted by molar-refractivity contribution is 6.30. The van der Waals surface area contributed by atoms with Gasteiger partial charge in [0.2, 0.25) is 5.95 Å². The third-order valence-electron chi connectivity index (χ3n) is 3.61. The van der Waals surface area contributed by atoms with Gasteiger partial charge >= 0.3 is 0 Å². The topological polar surface area (TPSA) is 58.1 Å². The quantitative estimate of drug-likeness (QED) is 0.942. The number of carbonyl (C=O) groups excluding carboxylic acids is 1. The van der Waals surface area contributed by atoms with Crippen molar-refractivity contribution in [3.05, 3.63) is 52.8 Å². The van der Waals surface area contributed by atoms with Gasteiger partial charge in [-0.1, -0.05) is 17.7 Å². The molecule has 0 saturated carbocycles. The van der Waals surface area contributed by atoms with Crippen LogP contribution in [0.25, 0.3) is 0 Å². The van der Waals surface area contributed by atoms with Crippen molar-refractivity contribution in [1.29, 1.82) is 0 Å². The largest absolute Gasteiger partial charge is 0.346 e. The molecule has 1 amide bonds. The second-order valence-corrected chi connectivity index (χ2v) is 5.67. The summed E-state index contributed by atoms with van der Waals surface area (Å²) in [6, 6.07) is 8.69. The Hall–Kier alpha value is -2.14. The number of amides is 1. The van der Waals surface area contributed by atoms with E-state index in [1.165, 1.54) is 12.8 Å². The first-order chi connectivity index (χ1) is 10.7. The Labute approximate surface area is 134 Å².